The molecular weight excluding hydrogens is 252 g/mol. The fourth-order valence-corrected chi connectivity index (χ4v) is 1.94. The van der Waals surface area contributed by atoms with Gasteiger partial charge in [0.25, 0.3) is 0 Å². The van der Waals surface area contributed by atoms with Gasteiger partial charge in [-0.25, -0.2) is 9.97 Å². The van der Waals surface area contributed by atoms with Gasteiger partial charge in [0.1, 0.15) is 0 Å². The lowest BCUT2D eigenvalue weighted by molar-refractivity contribution is 0.126. The van der Waals surface area contributed by atoms with E-state index in [1.54, 1.807) is 0 Å². The minimum atomic E-state index is 0.160. The van der Waals surface area contributed by atoms with Crippen LogP contribution in [0.4, 0.5) is 11.6 Å². The number of rotatable bonds is 6. The van der Waals surface area contributed by atoms with Crippen molar-refractivity contribution in [2.75, 3.05) is 24.3 Å². The summed E-state index contributed by atoms with van der Waals surface area (Å²) < 4.78 is 5.51. The van der Waals surface area contributed by atoms with Crippen LogP contribution in [-0.4, -0.2) is 29.2 Å². The van der Waals surface area contributed by atoms with Crippen LogP contribution < -0.4 is 11.1 Å². The second-order valence-corrected chi connectivity index (χ2v) is 5.10. The Hall–Kier alpha value is -1.88. The van der Waals surface area contributed by atoms with E-state index in [1.807, 2.05) is 31.2 Å². The van der Waals surface area contributed by atoms with E-state index in [-0.39, 0.29) is 6.04 Å². The van der Waals surface area contributed by atoms with Gasteiger partial charge in [-0.05, 0) is 25.0 Å². The molecule has 0 spiro atoms. The zero-order valence-corrected chi connectivity index (χ0v) is 12.3. The molecule has 1 heterocycles. The second kappa shape index (κ2) is 6.52. The summed E-state index contributed by atoms with van der Waals surface area (Å²) in [6.07, 6.45) is 0. The Labute approximate surface area is 119 Å². The molecule has 20 heavy (non-hydrogen) atoms. The lowest BCUT2D eigenvalue weighted by atomic mass is 10.1. The number of aromatic nitrogens is 2. The molecule has 0 radical (unpaired) electrons. The van der Waals surface area contributed by atoms with Gasteiger partial charge in [-0.1, -0.05) is 26.0 Å². The van der Waals surface area contributed by atoms with E-state index in [2.05, 4.69) is 29.1 Å². The van der Waals surface area contributed by atoms with Crippen LogP contribution in [0.15, 0.2) is 24.3 Å². The highest BCUT2D eigenvalue weighted by Gasteiger charge is 2.16. The zero-order chi connectivity index (χ0) is 14.5. The van der Waals surface area contributed by atoms with Gasteiger partial charge in [-0.2, -0.15) is 0 Å². The average Bonchev–Trinajstić information content (AvgIpc) is 2.43. The Morgan fingerprint density at radius 1 is 1.20 bits per heavy atom. The molecule has 1 unspecified atom stereocenters. The zero-order valence-electron chi connectivity index (χ0n) is 12.3. The molecule has 1 atom stereocenters. The lowest BCUT2D eigenvalue weighted by Crippen LogP contribution is -2.31. The van der Waals surface area contributed by atoms with Crippen LogP contribution in [-0.2, 0) is 4.74 Å². The molecule has 0 aliphatic carbocycles. The number of nitrogens with two attached hydrogens (primary N) is 1. The topological polar surface area (TPSA) is 73.1 Å². The van der Waals surface area contributed by atoms with Crippen molar-refractivity contribution in [1.29, 1.82) is 0 Å². The molecule has 0 fully saturated rings. The molecule has 0 saturated carbocycles. The molecule has 1 aromatic heterocycles. The fourth-order valence-electron chi connectivity index (χ4n) is 1.94. The summed E-state index contributed by atoms with van der Waals surface area (Å²) in [5.41, 5.74) is 7.63. The molecule has 108 valence electrons. The van der Waals surface area contributed by atoms with Crippen molar-refractivity contribution >= 4 is 22.7 Å². The van der Waals surface area contributed by atoms with Crippen molar-refractivity contribution in [1.82, 2.24) is 9.97 Å². The third-order valence-corrected chi connectivity index (χ3v) is 3.23. The summed E-state index contributed by atoms with van der Waals surface area (Å²) in [5.74, 6) is 1.46. The Bertz CT molecular complexity index is 571. The summed E-state index contributed by atoms with van der Waals surface area (Å²) in [6.45, 7) is 7.59. The maximum atomic E-state index is 5.99. The van der Waals surface area contributed by atoms with Crippen LogP contribution in [0, 0.1) is 5.92 Å². The van der Waals surface area contributed by atoms with E-state index >= 15 is 0 Å². The number of nitrogens with one attached hydrogen (secondary N) is 1. The van der Waals surface area contributed by atoms with Gasteiger partial charge < -0.3 is 15.8 Å². The first kappa shape index (κ1) is 14.5. The minimum absolute atomic E-state index is 0.160. The largest absolute Gasteiger partial charge is 0.381 e. The van der Waals surface area contributed by atoms with Gasteiger partial charge >= 0.3 is 0 Å². The molecule has 1 aromatic carbocycles. The van der Waals surface area contributed by atoms with Crippen molar-refractivity contribution in [2.24, 2.45) is 5.92 Å². The SMILES string of the molecule is CCOCC(Nc1nc2ccccc2nc1N)C(C)C. The number of nitrogens with zero attached hydrogens (tertiary/aromatic N) is 2. The number of hydrogen-bond donors (Lipinski definition) is 2. The van der Waals surface area contributed by atoms with Crippen LogP contribution in [0.5, 0.6) is 0 Å². The average molecular weight is 274 g/mol. The number of fused-ring (bicyclic) bond motifs is 1. The summed E-state index contributed by atoms with van der Waals surface area (Å²) in [7, 11) is 0. The lowest BCUT2D eigenvalue weighted by Gasteiger charge is -2.23. The van der Waals surface area contributed by atoms with Gasteiger partial charge in [-0.3, -0.25) is 0 Å². The highest BCUT2D eigenvalue weighted by atomic mass is 16.5. The smallest absolute Gasteiger partial charge is 0.169 e. The van der Waals surface area contributed by atoms with Crippen LogP contribution in [0.2, 0.25) is 0 Å². The van der Waals surface area contributed by atoms with Gasteiger partial charge in [0.05, 0.1) is 23.7 Å². The summed E-state index contributed by atoms with van der Waals surface area (Å²) in [5, 5.41) is 3.35. The van der Waals surface area contributed by atoms with E-state index in [0.717, 1.165) is 11.0 Å². The summed E-state index contributed by atoms with van der Waals surface area (Å²) in [4.78, 5) is 8.93. The van der Waals surface area contributed by atoms with E-state index < -0.39 is 0 Å². The van der Waals surface area contributed by atoms with Crippen molar-refractivity contribution in [3.8, 4) is 0 Å². The van der Waals surface area contributed by atoms with Crippen LogP contribution in [0.25, 0.3) is 11.0 Å². The molecule has 0 saturated heterocycles. The van der Waals surface area contributed by atoms with E-state index in [0.29, 0.717) is 30.8 Å². The first-order chi connectivity index (χ1) is 9.61. The highest BCUT2D eigenvalue weighted by molar-refractivity contribution is 5.79. The first-order valence-electron chi connectivity index (χ1n) is 6.98. The number of benzene rings is 1. The molecule has 0 aliphatic heterocycles. The third kappa shape index (κ3) is 3.36. The Kier molecular flexibility index (Phi) is 4.74. The van der Waals surface area contributed by atoms with Gasteiger partial charge in [-0.15, -0.1) is 0 Å². The quantitative estimate of drug-likeness (QED) is 0.847. The van der Waals surface area contributed by atoms with Crippen molar-refractivity contribution in [2.45, 2.75) is 26.8 Å². The van der Waals surface area contributed by atoms with Gasteiger partial charge in [0, 0.05) is 6.61 Å². The van der Waals surface area contributed by atoms with E-state index in [4.69, 9.17) is 10.5 Å². The molecule has 0 amide bonds. The Morgan fingerprint density at radius 2 is 1.85 bits per heavy atom. The van der Waals surface area contributed by atoms with Gasteiger partial charge in [0.15, 0.2) is 11.6 Å². The number of anilines is 2. The second-order valence-electron chi connectivity index (χ2n) is 5.10. The molecule has 2 rings (SSSR count). The predicted octanol–water partition coefficient (Wildman–Crippen LogP) is 2.69. The number of ether oxygens (including phenoxy) is 1. The Morgan fingerprint density at radius 3 is 2.45 bits per heavy atom. The van der Waals surface area contributed by atoms with Crippen LogP contribution in [0.3, 0.4) is 0 Å². The third-order valence-electron chi connectivity index (χ3n) is 3.23. The molecule has 3 N–H and O–H groups in total. The highest BCUT2D eigenvalue weighted by Crippen LogP contribution is 2.20. The molecule has 0 bridgehead atoms. The molecule has 5 nitrogen and oxygen atoms in total. The number of para-hydroxylation sites is 2. The normalized spacial score (nSPS) is 12.8. The maximum absolute atomic E-state index is 5.99. The molecule has 0 aliphatic rings. The van der Waals surface area contributed by atoms with Crippen LogP contribution >= 0.6 is 0 Å². The number of nitrogen functional groups attached to an aromatic ring is 1. The van der Waals surface area contributed by atoms with E-state index in [1.165, 1.54) is 0 Å². The van der Waals surface area contributed by atoms with Crippen molar-refractivity contribution in [3.05, 3.63) is 24.3 Å². The molecule has 5 heteroatoms. The monoisotopic (exact) mass is 274 g/mol. The van der Waals surface area contributed by atoms with E-state index in [9.17, 15) is 0 Å². The standard InChI is InChI=1S/C15H22N4O/c1-4-20-9-13(10(2)3)19-15-14(16)17-11-7-5-6-8-12(11)18-15/h5-8,10,13H,4,9H2,1-3H3,(H2,16,17)(H,18,19). The van der Waals surface area contributed by atoms with Crippen molar-refractivity contribution < 1.29 is 4.74 Å². The minimum Gasteiger partial charge on any atom is -0.381 e. The summed E-state index contributed by atoms with van der Waals surface area (Å²) >= 11 is 0. The summed E-state index contributed by atoms with van der Waals surface area (Å²) in [6, 6.07) is 7.86. The number of hydrogen-bond acceptors (Lipinski definition) is 5. The Balaban J connectivity index is 2.24. The first-order valence-corrected chi connectivity index (χ1v) is 6.98. The molecule has 2 aromatic rings. The molecular formula is C15H22N4O. The predicted molar refractivity (Wildman–Crippen MR) is 82.7 cm³/mol. The van der Waals surface area contributed by atoms with Crippen LogP contribution in [0.1, 0.15) is 20.8 Å². The van der Waals surface area contributed by atoms with Crippen molar-refractivity contribution in [3.63, 3.8) is 0 Å². The maximum Gasteiger partial charge on any atom is 0.169 e. The van der Waals surface area contributed by atoms with Gasteiger partial charge in [0.2, 0.25) is 0 Å². The fraction of sp³-hybridized carbons (Fsp3) is 0.467.